The van der Waals surface area contributed by atoms with Gasteiger partial charge in [-0.15, -0.1) is 0 Å². The number of nitrogens with zero attached hydrogens (tertiary/aromatic N) is 6. The van der Waals surface area contributed by atoms with E-state index in [1.807, 2.05) is 42.9 Å². The van der Waals surface area contributed by atoms with E-state index in [1.165, 1.54) is 17.5 Å². The molecule has 0 radical (unpaired) electrons. The minimum atomic E-state index is 0.569. The average molecular weight is 348 g/mol. The number of pyridine rings is 2. The molecule has 1 aliphatic rings. The molecule has 0 saturated heterocycles. The molecule has 1 aliphatic heterocycles. The quantitative estimate of drug-likeness (QED) is 0.716. The number of aromatic nitrogens is 4. The van der Waals surface area contributed by atoms with Crippen LogP contribution in [-0.2, 0) is 13.1 Å². The van der Waals surface area contributed by atoms with E-state index >= 15 is 0 Å². The van der Waals surface area contributed by atoms with Crippen LogP contribution in [0, 0.1) is 0 Å². The van der Waals surface area contributed by atoms with Crippen LogP contribution in [-0.4, -0.2) is 40.1 Å². The van der Waals surface area contributed by atoms with E-state index in [-0.39, 0.29) is 0 Å². The fourth-order valence-corrected chi connectivity index (χ4v) is 3.14. The Labute approximate surface area is 152 Å². The van der Waals surface area contributed by atoms with Crippen molar-refractivity contribution in [2.24, 2.45) is 0 Å². The highest BCUT2D eigenvalue weighted by atomic mass is 16.5. The van der Waals surface area contributed by atoms with Crippen molar-refractivity contribution >= 4 is 11.6 Å². The van der Waals surface area contributed by atoms with Gasteiger partial charge in [0.25, 0.3) is 0 Å². The summed E-state index contributed by atoms with van der Waals surface area (Å²) in [7, 11) is 1.62. The van der Waals surface area contributed by atoms with Gasteiger partial charge in [0.15, 0.2) is 0 Å². The molecule has 26 heavy (non-hydrogen) atoms. The van der Waals surface area contributed by atoms with Crippen molar-refractivity contribution in [2.75, 3.05) is 30.0 Å². The Kier molecular flexibility index (Phi) is 4.59. The maximum atomic E-state index is 5.24. The number of rotatable bonds is 4. The molecular weight excluding hydrogens is 328 g/mol. The summed E-state index contributed by atoms with van der Waals surface area (Å²) in [6, 6.07) is 10.1. The summed E-state index contributed by atoms with van der Waals surface area (Å²) in [6.07, 6.45) is 7.04. The highest BCUT2D eigenvalue weighted by Crippen LogP contribution is 2.27. The summed E-state index contributed by atoms with van der Waals surface area (Å²) in [5, 5.41) is 0. The van der Waals surface area contributed by atoms with Crippen molar-refractivity contribution in [3.05, 3.63) is 66.4 Å². The molecule has 0 saturated carbocycles. The van der Waals surface area contributed by atoms with Crippen LogP contribution in [0.25, 0.3) is 0 Å². The third-order valence-corrected chi connectivity index (χ3v) is 4.45. The minimum absolute atomic E-state index is 0.569. The summed E-state index contributed by atoms with van der Waals surface area (Å²) in [5.74, 6) is 2.45. The highest BCUT2D eigenvalue weighted by molar-refractivity contribution is 5.53. The van der Waals surface area contributed by atoms with Gasteiger partial charge in [-0.25, -0.2) is 15.0 Å². The standard InChI is InChI=1S/C19H20N6O/c1-26-18-11-17(22-14-23-18)24-9-10-25(12-15-4-7-20-8-5-15)19-16(13-24)3-2-6-21-19/h2-8,11,14H,9-10,12-13H2,1H3. The molecule has 4 rings (SSSR count). The molecule has 0 fully saturated rings. The molecule has 132 valence electrons. The highest BCUT2D eigenvalue weighted by Gasteiger charge is 2.22. The predicted molar refractivity (Wildman–Crippen MR) is 99.2 cm³/mol. The second-order valence-corrected chi connectivity index (χ2v) is 6.10. The number of hydrogen-bond donors (Lipinski definition) is 0. The summed E-state index contributed by atoms with van der Waals surface area (Å²) in [6.45, 7) is 3.23. The first kappa shape index (κ1) is 16.3. The summed E-state index contributed by atoms with van der Waals surface area (Å²) in [4.78, 5) is 21.8. The third kappa shape index (κ3) is 3.42. The van der Waals surface area contributed by atoms with Gasteiger partial charge in [0.1, 0.15) is 18.0 Å². The zero-order valence-electron chi connectivity index (χ0n) is 14.6. The predicted octanol–water partition coefficient (Wildman–Crippen LogP) is 2.30. The number of ether oxygens (including phenoxy) is 1. The molecule has 0 unspecified atom stereocenters. The fraction of sp³-hybridized carbons (Fsp3) is 0.263. The van der Waals surface area contributed by atoms with E-state index in [0.717, 1.165) is 37.8 Å². The fourth-order valence-electron chi connectivity index (χ4n) is 3.14. The molecule has 7 heteroatoms. The lowest BCUT2D eigenvalue weighted by atomic mass is 10.2. The Hall–Kier alpha value is -3.22. The normalized spacial score (nSPS) is 13.9. The van der Waals surface area contributed by atoms with Crippen LogP contribution < -0.4 is 14.5 Å². The first-order chi connectivity index (χ1) is 12.8. The van der Waals surface area contributed by atoms with Gasteiger partial charge in [0, 0.05) is 56.4 Å². The van der Waals surface area contributed by atoms with Crippen LogP contribution >= 0.6 is 0 Å². The third-order valence-electron chi connectivity index (χ3n) is 4.45. The summed E-state index contributed by atoms with van der Waals surface area (Å²) < 4.78 is 5.24. The lowest BCUT2D eigenvalue weighted by Crippen LogP contribution is -2.31. The molecule has 0 spiro atoms. The Morgan fingerprint density at radius 1 is 1.04 bits per heavy atom. The Bertz CT molecular complexity index is 873. The lowest BCUT2D eigenvalue weighted by molar-refractivity contribution is 0.396. The number of hydrogen-bond acceptors (Lipinski definition) is 7. The van der Waals surface area contributed by atoms with Crippen molar-refractivity contribution < 1.29 is 4.74 Å². The smallest absolute Gasteiger partial charge is 0.218 e. The van der Waals surface area contributed by atoms with Crippen molar-refractivity contribution in [1.29, 1.82) is 0 Å². The van der Waals surface area contributed by atoms with Gasteiger partial charge in [-0.2, -0.15) is 0 Å². The molecule has 0 atom stereocenters. The van der Waals surface area contributed by atoms with Crippen molar-refractivity contribution in [1.82, 2.24) is 19.9 Å². The molecule has 0 bridgehead atoms. The molecule has 0 amide bonds. The van der Waals surface area contributed by atoms with Crippen LogP contribution in [0.3, 0.4) is 0 Å². The van der Waals surface area contributed by atoms with Gasteiger partial charge < -0.3 is 14.5 Å². The zero-order valence-corrected chi connectivity index (χ0v) is 14.6. The van der Waals surface area contributed by atoms with E-state index in [1.54, 1.807) is 7.11 Å². The molecule has 0 aliphatic carbocycles. The van der Waals surface area contributed by atoms with Gasteiger partial charge in [-0.1, -0.05) is 6.07 Å². The molecule has 0 aromatic carbocycles. The maximum Gasteiger partial charge on any atom is 0.218 e. The van der Waals surface area contributed by atoms with Crippen molar-refractivity contribution in [3.8, 4) is 5.88 Å². The average Bonchev–Trinajstić information content (AvgIpc) is 2.89. The summed E-state index contributed by atoms with van der Waals surface area (Å²) >= 11 is 0. The Morgan fingerprint density at radius 2 is 1.92 bits per heavy atom. The monoisotopic (exact) mass is 348 g/mol. The van der Waals surface area contributed by atoms with Crippen LogP contribution in [0.1, 0.15) is 11.1 Å². The molecule has 0 N–H and O–H groups in total. The first-order valence-corrected chi connectivity index (χ1v) is 8.52. The van der Waals surface area contributed by atoms with Gasteiger partial charge in [0.2, 0.25) is 5.88 Å². The minimum Gasteiger partial charge on any atom is -0.481 e. The largest absolute Gasteiger partial charge is 0.481 e. The first-order valence-electron chi connectivity index (χ1n) is 8.52. The number of methoxy groups -OCH3 is 1. The SMILES string of the molecule is COc1cc(N2CCN(Cc3ccncc3)c3ncccc3C2)ncn1. The second kappa shape index (κ2) is 7.35. The lowest BCUT2D eigenvalue weighted by Gasteiger charge is -2.24. The second-order valence-electron chi connectivity index (χ2n) is 6.10. The Balaban J connectivity index is 1.63. The van der Waals surface area contributed by atoms with Crippen molar-refractivity contribution in [2.45, 2.75) is 13.1 Å². The number of fused-ring (bicyclic) bond motifs is 1. The van der Waals surface area contributed by atoms with Crippen LogP contribution in [0.4, 0.5) is 11.6 Å². The summed E-state index contributed by atoms with van der Waals surface area (Å²) in [5.41, 5.74) is 2.39. The maximum absolute atomic E-state index is 5.24. The molecule has 3 aromatic heterocycles. The number of anilines is 2. The molecule has 7 nitrogen and oxygen atoms in total. The van der Waals surface area contributed by atoms with E-state index < -0.39 is 0 Å². The van der Waals surface area contributed by atoms with E-state index in [0.29, 0.717) is 5.88 Å². The van der Waals surface area contributed by atoms with Crippen LogP contribution in [0.15, 0.2) is 55.2 Å². The Morgan fingerprint density at radius 3 is 2.77 bits per heavy atom. The zero-order chi connectivity index (χ0) is 17.8. The van der Waals surface area contributed by atoms with Gasteiger partial charge in [-0.3, -0.25) is 4.98 Å². The topological polar surface area (TPSA) is 67.3 Å². The van der Waals surface area contributed by atoms with Gasteiger partial charge >= 0.3 is 0 Å². The van der Waals surface area contributed by atoms with E-state index in [2.05, 4.69) is 35.8 Å². The molecular formula is C19H20N6O. The van der Waals surface area contributed by atoms with E-state index in [4.69, 9.17) is 4.74 Å². The van der Waals surface area contributed by atoms with Crippen LogP contribution in [0.2, 0.25) is 0 Å². The van der Waals surface area contributed by atoms with Crippen LogP contribution in [0.5, 0.6) is 5.88 Å². The van der Waals surface area contributed by atoms with Crippen molar-refractivity contribution in [3.63, 3.8) is 0 Å². The van der Waals surface area contributed by atoms with Gasteiger partial charge in [0.05, 0.1) is 7.11 Å². The molecule has 3 aromatic rings. The molecule has 4 heterocycles. The van der Waals surface area contributed by atoms with Gasteiger partial charge in [-0.05, 0) is 23.8 Å². The van der Waals surface area contributed by atoms with E-state index in [9.17, 15) is 0 Å².